The van der Waals surface area contributed by atoms with E-state index in [2.05, 4.69) is 10.2 Å². The summed E-state index contributed by atoms with van der Waals surface area (Å²) in [6, 6.07) is 3.54. The molecule has 4 nitrogen and oxygen atoms in total. The van der Waals surface area contributed by atoms with Gasteiger partial charge in [0.15, 0.2) is 0 Å². The zero-order valence-electron chi connectivity index (χ0n) is 6.40. The van der Waals surface area contributed by atoms with E-state index >= 15 is 0 Å². The van der Waals surface area contributed by atoms with Gasteiger partial charge in [-0.2, -0.15) is 5.10 Å². The largest absolute Gasteiger partial charge is 0.475 e. The number of hydrogen-bond donors (Lipinski definition) is 1. The standard InChI is InChI=1S/C7H11N3O/c1-6(8)5-11-7-3-2-4-9-10-7/h2-4,6H,5,8H2,1H3. The minimum Gasteiger partial charge on any atom is -0.475 e. The molecule has 0 saturated carbocycles. The molecule has 0 amide bonds. The molecule has 0 bridgehead atoms. The highest BCUT2D eigenvalue weighted by atomic mass is 16.5. The number of hydrogen-bond acceptors (Lipinski definition) is 4. The minimum atomic E-state index is 0.0250. The van der Waals surface area contributed by atoms with Crippen LogP contribution in [0, 0.1) is 0 Å². The van der Waals surface area contributed by atoms with Crippen LogP contribution in [-0.2, 0) is 0 Å². The summed E-state index contributed by atoms with van der Waals surface area (Å²) in [6.07, 6.45) is 1.60. The zero-order chi connectivity index (χ0) is 8.10. The van der Waals surface area contributed by atoms with Gasteiger partial charge in [-0.1, -0.05) is 0 Å². The third-order valence-corrected chi connectivity index (χ3v) is 1.04. The van der Waals surface area contributed by atoms with Crippen molar-refractivity contribution in [1.29, 1.82) is 0 Å². The van der Waals surface area contributed by atoms with Crippen molar-refractivity contribution < 1.29 is 4.74 Å². The van der Waals surface area contributed by atoms with Gasteiger partial charge in [0.25, 0.3) is 0 Å². The zero-order valence-corrected chi connectivity index (χ0v) is 6.40. The van der Waals surface area contributed by atoms with E-state index in [-0.39, 0.29) is 6.04 Å². The maximum Gasteiger partial charge on any atom is 0.233 e. The third kappa shape index (κ3) is 2.95. The predicted octanol–water partition coefficient (Wildman–Crippen LogP) is 0.203. The van der Waals surface area contributed by atoms with Gasteiger partial charge in [-0.05, 0) is 13.0 Å². The van der Waals surface area contributed by atoms with Crippen LogP contribution in [0.2, 0.25) is 0 Å². The lowest BCUT2D eigenvalue weighted by atomic mass is 10.4. The Morgan fingerprint density at radius 3 is 3.09 bits per heavy atom. The van der Waals surface area contributed by atoms with Crippen molar-refractivity contribution >= 4 is 0 Å². The van der Waals surface area contributed by atoms with E-state index in [0.29, 0.717) is 12.5 Å². The molecule has 0 spiro atoms. The Balaban J connectivity index is 2.39. The maximum absolute atomic E-state index is 5.47. The quantitative estimate of drug-likeness (QED) is 0.674. The van der Waals surface area contributed by atoms with E-state index < -0.39 is 0 Å². The summed E-state index contributed by atoms with van der Waals surface area (Å²) in [5, 5.41) is 7.37. The molecule has 1 unspecified atom stereocenters. The maximum atomic E-state index is 5.47. The van der Waals surface area contributed by atoms with Crippen molar-refractivity contribution in [1.82, 2.24) is 10.2 Å². The van der Waals surface area contributed by atoms with Crippen molar-refractivity contribution in [2.75, 3.05) is 6.61 Å². The van der Waals surface area contributed by atoms with Crippen LogP contribution in [0.1, 0.15) is 6.92 Å². The average Bonchev–Trinajstić information content (AvgIpc) is 2.03. The number of rotatable bonds is 3. The van der Waals surface area contributed by atoms with Crippen LogP contribution in [0.3, 0.4) is 0 Å². The lowest BCUT2D eigenvalue weighted by molar-refractivity contribution is 0.282. The molecule has 0 aromatic carbocycles. The van der Waals surface area contributed by atoms with Gasteiger partial charge in [0, 0.05) is 18.3 Å². The Kier molecular flexibility index (Phi) is 2.80. The van der Waals surface area contributed by atoms with E-state index in [1.54, 1.807) is 18.3 Å². The summed E-state index contributed by atoms with van der Waals surface area (Å²) >= 11 is 0. The number of nitrogens with zero attached hydrogens (tertiary/aromatic N) is 2. The van der Waals surface area contributed by atoms with Gasteiger partial charge in [0.05, 0.1) is 0 Å². The predicted molar refractivity (Wildman–Crippen MR) is 41.2 cm³/mol. The fraction of sp³-hybridized carbons (Fsp3) is 0.429. The number of aromatic nitrogens is 2. The first-order valence-electron chi connectivity index (χ1n) is 3.45. The topological polar surface area (TPSA) is 61.0 Å². The molecule has 60 valence electrons. The summed E-state index contributed by atoms with van der Waals surface area (Å²) in [7, 11) is 0. The van der Waals surface area contributed by atoms with Crippen molar-refractivity contribution in [3.8, 4) is 5.88 Å². The smallest absolute Gasteiger partial charge is 0.233 e. The van der Waals surface area contributed by atoms with Gasteiger partial charge >= 0.3 is 0 Å². The molecule has 4 heteroatoms. The average molecular weight is 153 g/mol. The molecule has 0 aliphatic carbocycles. The Bertz CT molecular complexity index is 200. The molecule has 2 N–H and O–H groups in total. The summed E-state index contributed by atoms with van der Waals surface area (Å²) in [6.45, 7) is 2.34. The van der Waals surface area contributed by atoms with Crippen LogP contribution < -0.4 is 10.5 Å². The summed E-state index contributed by atoms with van der Waals surface area (Å²) in [5.74, 6) is 0.518. The molecule has 0 radical (unpaired) electrons. The minimum absolute atomic E-state index is 0.0250. The van der Waals surface area contributed by atoms with Crippen LogP contribution >= 0.6 is 0 Å². The summed E-state index contributed by atoms with van der Waals surface area (Å²) < 4.78 is 5.17. The van der Waals surface area contributed by atoms with Crippen LogP contribution in [0.25, 0.3) is 0 Å². The van der Waals surface area contributed by atoms with Gasteiger partial charge in [-0.15, -0.1) is 5.10 Å². The molecular weight excluding hydrogens is 142 g/mol. The lowest BCUT2D eigenvalue weighted by Gasteiger charge is -2.05. The van der Waals surface area contributed by atoms with Crippen LogP contribution in [0.5, 0.6) is 5.88 Å². The Morgan fingerprint density at radius 2 is 2.55 bits per heavy atom. The number of ether oxygens (including phenoxy) is 1. The molecule has 1 aromatic heterocycles. The second-order valence-corrected chi connectivity index (χ2v) is 2.35. The van der Waals surface area contributed by atoms with Crippen molar-refractivity contribution in [2.24, 2.45) is 5.73 Å². The highest BCUT2D eigenvalue weighted by Gasteiger charge is 1.96. The molecule has 1 rings (SSSR count). The number of nitrogens with two attached hydrogens (primary N) is 1. The van der Waals surface area contributed by atoms with Crippen molar-refractivity contribution in [2.45, 2.75) is 13.0 Å². The fourth-order valence-corrected chi connectivity index (χ4v) is 0.581. The molecule has 0 aliphatic rings. The van der Waals surface area contributed by atoms with Crippen LogP contribution in [-0.4, -0.2) is 22.8 Å². The molecule has 1 heterocycles. The highest BCUT2D eigenvalue weighted by molar-refractivity contribution is 5.05. The summed E-state index contributed by atoms with van der Waals surface area (Å²) in [4.78, 5) is 0. The second-order valence-electron chi connectivity index (χ2n) is 2.35. The molecule has 0 aliphatic heterocycles. The first kappa shape index (κ1) is 7.94. The van der Waals surface area contributed by atoms with E-state index in [1.807, 2.05) is 6.92 Å². The van der Waals surface area contributed by atoms with E-state index in [0.717, 1.165) is 0 Å². The molecule has 11 heavy (non-hydrogen) atoms. The fourth-order valence-electron chi connectivity index (χ4n) is 0.581. The van der Waals surface area contributed by atoms with Crippen molar-refractivity contribution in [3.05, 3.63) is 18.3 Å². The van der Waals surface area contributed by atoms with E-state index in [9.17, 15) is 0 Å². The van der Waals surface area contributed by atoms with Gasteiger partial charge in [0.2, 0.25) is 5.88 Å². The molecule has 0 fully saturated rings. The van der Waals surface area contributed by atoms with E-state index in [4.69, 9.17) is 10.5 Å². The molecular formula is C7H11N3O. The Morgan fingerprint density at radius 1 is 1.73 bits per heavy atom. The van der Waals surface area contributed by atoms with E-state index in [1.165, 1.54) is 0 Å². The van der Waals surface area contributed by atoms with Gasteiger partial charge in [-0.25, -0.2) is 0 Å². The van der Waals surface area contributed by atoms with Gasteiger partial charge in [0.1, 0.15) is 6.61 Å². The van der Waals surface area contributed by atoms with Gasteiger partial charge in [-0.3, -0.25) is 0 Å². The monoisotopic (exact) mass is 153 g/mol. The lowest BCUT2D eigenvalue weighted by Crippen LogP contribution is -2.23. The second kappa shape index (κ2) is 3.88. The highest BCUT2D eigenvalue weighted by Crippen LogP contribution is 2.00. The summed E-state index contributed by atoms with van der Waals surface area (Å²) in [5.41, 5.74) is 5.47. The Hall–Kier alpha value is -1.16. The normalized spacial score (nSPS) is 12.5. The third-order valence-electron chi connectivity index (χ3n) is 1.04. The molecule has 1 aromatic rings. The first-order valence-corrected chi connectivity index (χ1v) is 3.45. The first-order chi connectivity index (χ1) is 5.29. The molecule has 1 atom stereocenters. The van der Waals surface area contributed by atoms with Crippen molar-refractivity contribution in [3.63, 3.8) is 0 Å². The SMILES string of the molecule is CC(N)COc1cccnn1. The van der Waals surface area contributed by atoms with Gasteiger partial charge < -0.3 is 10.5 Å². The Labute approximate surface area is 65.4 Å². The van der Waals surface area contributed by atoms with Crippen LogP contribution in [0.4, 0.5) is 0 Å². The molecule has 0 saturated heterocycles. The van der Waals surface area contributed by atoms with Crippen LogP contribution in [0.15, 0.2) is 18.3 Å².